The van der Waals surface area contributed by atoms with Crippen LogP contribution in [0.1, 0.15) is 33.6 Å². The number of nitro benzene ring substituents is 1. The lowest BCUT2D eigenvalue weighted by molar-refractivity contribution is -0.384. The van der Waals surface area contributed by atoms with Gasteiger partial charge in [0.1, 0.15) is 5.69 Å². The molecule has 1 heterocycles. The van der Waals surface area contributed by atoms with Gasteiger partial charge in [0.15, 0.2) is 0 Å². The number of hydrogen-bond acceptors (Lipinski definition) is 5. The third-order valence-corrected chi connectivity index (χ3v) is 5.11. The van der Waals surface area contributed by atoms with E-state index in [9.17, 15) is 14.9 Å². The first-order chi connectivity index (χ1) is 11.5. The van der Waals surface area contributed by atoms with Crippen molar-refractivity contribution in [2.75, 3.05) is 11.9 Å². The Kier molecular flexibility index (Phi) is 4.53. The minimum atomic E-state index is -0.430. The molecule has 0 atom stereocenters. The lowest BCUT2D eigenvalue weighted by Gasteiger charge is -2.19. The number of carbonyl (C=O) groups is 1. The van der Waals surface area contributed by atoms with Gasteiger partial charge in [-0.3, -0.25) is 14.9 Å². The number of nitro groups is 1. The number of hydrogen-bond donors (Lipinski definition) is 1. The first-order valence-electron chi connectivity index (χ1n) is 7.79. The second-order valence-electron chi connectivity index (χ2n) is 6.09. The van der Waals surface area contributed by atoms with Crippen LogP contribution in [0.15, 0.2) is 29.6 Å². The van der Waals surface area contributed by atoms with Crippen LogP contribution in [0.2, 0.25) is 0 Å². The largest absolute Gasteiger partial charge is 0.364 e. The molecule has 6 nitrogen and oxygen atoms in total. The highest BCUT2D eigenvalue weighted by Crippen LogP contribution is 2.31. The Balaban J connectivity index is 1.85. The molecule has 0 unspecified atom stereocenters. The first kappa shape index (κ1) is 16.4. The first-order valence-corrected chi connectivity index (χ1v) is 8.67. The molecule has 1 aromatic carbocycles. The van der Waals surface area contributed by atoms with Gasteiger partial charge in [-0.2, -0.15) is 0 Å². The molecule has 1 fully saturated rings. The lowest BCUT2D eigenvalue weighted by atomic mass is 10.1. The maximum absolute atomic E-state index is 12.1. The van der Waals surface area contributed by atoms with Gasteiger partial charge in [-0.15, -0.1) is 11.3 Å². The van der Waals surface area contributed by atoms with E-state index >= 15 is 0 Å². The molecule has 126 valence electrons. The molecule has 0 spiro atoms. The zero-order valence-electron chi connectivity index (χ0n) is 13.6. The molecule has 1 aliphatic rings. The number of benzene rings is 1. The fourth-order valence-corrected chi connectivity index (χ4v) is 3.46. The van der Waals surface area contributed by atoms with Crippen molar-refractivity contribution in [2.45, 2.75) is 32.4 Å². The maximum Gasteiger partial charge on any atom is 0.293 e. The smallest absolute Gasteiger partial charge is 0.293 e. The van der Waals surface area contributed by atoms with Crippen molar-refractivity contribution in [1.29, 1.82) is 0 Å². The zero-order valence-corrected chi connectivity index (χ0v) is 14.4. The Hall–Kier alpha value is -2.41. The Morgan fingerprint density at radius 3 is 2.75 bits per heavy atom. The summed E-state index contributed by atoms with van der Waals surface area (Å²) < 4.78 is 0. The van der Waals surface area contributed by atoms with E-state index in [2.05, 4.69) is 5.32 Å². The topological polar surface area (TPSA) is 75.5 Å². The van der Waals surface area contributed by atoms with Gasteiger partial charge in [-0.25, -0.2) is 0 Å². The average molecular weight is 345 g/mol. The van der Waals surface area contributed by atoms with Crippen molar-refractivity contribution in [3.8, 4) is 0 Å². The molecular weight excluding hydrogens is 326 g/mol. The summed E-state index contributed by atoms with van der Waals surface area (Å²) >= 11 is 1.63. The van der Waals surface area contributed by atoms with E-state index in [0.717, 1.165) is 12.8 Å². The molecule has 0 bridgehead atoms. The van der Waals surface area contributed by atoms with Gasteiger partial charge >= 0.3 is 0 Å². The third kappa shape index (κ3) is 3.56. The number of aryl methyl sites for hydroxylation is 1. The highest BCUT2D eigenvalue weighted by Gasteiger charge is 2.26. The summed E-state index contributed by atoms with van der Waals surface area (Å²) in [5, 5.41) is 16.3. The summed E-state index contributed by atoms with van der Waals surface area (Å²) in [5.41, 5.74) is 1.97. The number of thiophene rings is 1. The molecule has 0 aliphatic heterocycles. The minimum absolute atomic E-state index is 0.0462. The molecule has 1 aromatic heterocycles. The minimum Gasteiger partial charge on any atom is -0.364 e. The summed E-state index contributed by atoms with van der Waals surface area (Å²) in [6, 6.07) is 6.93. The van der Waals surface area contributed by atoms with Crippen LogP contribution in [-0.2, 0) is 6.54 Å². The Morgan fingerprint density at radius 1 is 1.42 bits per heavy atom. The second kappa shape index (κ2) is 6.60. The van der Waals surface area contributed by atoms with Crippen LogP contribution < -0.4 is 10.2 Å². The molecule has 1 amide bonds. The molecule has 2 aromatic rings. The number of anilines is 1. The fraction of sp³-hybridized carbons (Fsp3) is 0.353. The summed E-state index contributed by atoms with van der Waals surface area (Å²) in [5.74, 6) is -0.246. The molecule has 0 radical (unpaired) electrons. The SMILES string of the molecule is Cc1ccsc1CN(C)c1ccc(C(=O)NC2CC2)cc1[N+](=O)[O-]. The molecule has 24 heavy (non-hydrogen) atoms. The molecule has 7 heteroatoms. The van der Waals surface area contributed by atoms with E-state index in [1.807, 2.05) is 30.3 Å². The molecule has 1 saturated carbocycles. The van der Waals surface area contributed by atoms with Crippen LogP contribution in [0, 0.1) is 17.0 Å². The normalized spacial score (nSPS) is 13.6. The van der Waals surface area contributed by atoms with Crippen molar-refractivity contribution in [1.82, 2.24) is 5.32 Å². The molecular formula is C17H19N3O3S. The fourth-order valence-electron chi connectivity index (χ4n) is 2.50. The highest BCUT2D eigenvalue weighted by atomic mass is 32.1. The van der Waals surface area contributed by atoms with Crippen LogP contribution in [0.3, 0.4) is 0 Å². The van der Waals surface area contributed by atoms with Crippen molar-refractivity contribution in [2.24, 2.45) is 0 Å². The average Bonchev–Trinajstić information content (AvgIpc) is 3.28. The Labute approximate surface area is 144 Å². The Morgan fingerprint density at radius 2 is 2.17 bits per heavy atom. The predicted molar refractivity (Wildman–Crippen MR) is 94.7 cm³/mol. The van der Waals surface area contributed by atoms with E-state index in [-0.39, 0.29) is 17.6 Å². The standard InChI is InChI=1S/C17H19N3O3S/c1-11-7-8-24-16(11)10-19(2)14-6-3-12(9-15(14)20(22)23)17(21)18-13-4-5-13/h3,6-9,13H,4-5,10H2,1-2H3,(H,18,21). The van der Waals surface area contributed by atoms with Crippen molar-refractivity contribution < 1.29 is 9.72 Å². The quantitative estimate of drug-likeness (QED) is 0.642. The van der Waals surface area contributed by atoms with Gasteiger partial charge in [-0.1, -0.05) is 0 Å². The van der Waals surface area contributed by atoms with Gasteiger partial charge < -0.3 is 10.2 Å². The second-order valence-corrected chi connectivity index (χ2v) is 7.09. The highest BCUT2D eigenvalue weighted by molar-refractivity contribution is 7.10. The molecule has 3 rings (SSSR count). The van der Waals surface area contributed by atoms with Gasteiger partial charge in [0, 0.05) is 29.6 Å². The number of nitrogens with one attached hydrogen (secondary N) is 1. The predicted octanol–water partition coefficient (Wildman–Crippen LogP) is 3.49. The van der Waals surface area contributed by atoms with E-state index in [0.29, 0.717) is 17.8 Å². The van der Waals surface area contributed by atoms with E-state index in [1.54, 1.807) is 23.5 Å². The number of carbonyl (C=O) groups excluding carboxylic acids is 1. The molecule has 1 aliphatic carbocycles. The van der Waals surface area contributed by atoms with Crippen molar-refractivity contribution in [3.63, 3.8) is 0 Å². The van der Waals surface area contributed by atoms with E-state index < -0.39 is 4.92 Å². The maximum atomic E-state index is 12.1. The van der Waals surface area contributed by atoms with Crippen LogP contribution >= 0.6 is 11.3 Å². The molecule has 0 saturated heterocycles. The number of rotatable bonds is 6. The van der Waals surface area contributed by atoms with E-state index in [1.165, 1.54) is 16.5 Å². The molecule has 1 N–H and O–H groups in total. The summed E-state index contributed by atoms with van der Waals surface area (Å²) in [4.78, 5) is 26.1. The zero-order chi connectivity index (χ0) is 17.3. The Bertz CT molecular complexity index is 783. The summed E-state index contributed by atoms with van der Waals surface area (Å²) in [6.45, 7) is 2.62. The van der Waals surface area contributed by atoms with Gasteiger partial charge in [-0.05, 0) is 48.9 Å². The van der Waals surface area contributed by atoms with Gasteiger partial charge in [0.2, 0.25) is 0 Å². The van der Waals surface area contributed by atoms with E-state index in [4.69, 9.17) is 0 Å². The van der Waals surface area contributed by atoms with Crippen molar-refractivity contribution in [3.05, 3.63) is 55.8 Å². The van der Waals surface area contributed by atoms with Gasteiger partial charge in [0.05, 0.1) is 11.5 Å². The lowest BCUT2D eigenvalue weighted by Crippen LogP contribution is -2.25. The monoisotopic (exact) mass is 345 g/mol. The van der Waals surface area contributed by atoms with Crippen LogP contribution in [0.25, 0.3) is 0 Å². The number of nitrogens with zero attached hydrogens (tertiary/aromatic N) is 2. The van der Waals surface area contributed by atoms with Crippen LogP contribution in [0.4, 0.5) is 11.4 Å². The third-order valence-electron chi connectivity index (χ3n) is 4.11. The summed E-state index contributed by atoms with van der Waals surface area (Å²) in [7, 11) is 1.82. The number of amides is 1. The summed E-state index contributed by atoms with van der Waals surface area (Å²) in [6.07, 6.45) is 1.96. The van der Waals surface area contributed by atoms with Crippen LogP contribution in [0.5, 0.6) is 0 Å². The van der Waals surface area contributed by atoms with Crippen LogP contribution in [-0.4, -0.2) is 23.9 Å². The van der Waals surface area contributed by atoms with Crippen molar-refractivity contribution >= 4 is 28.6 Å². The van der Waals surface area contributed by atoms with Gasteiger partial charge in [0.25, 0.3) is 11.6 Å².